The van der Waals surface area contributed by atoms with Crippen molar-refractivity contribution in [1.82, 2.24) is 19.9 Å². The third kappa shape index (κ3) is 3.38. The molecule has 3 heterocycles. The fourth-order valence-electron chi connectivity index (χ4n) is 3.60. The Hall–Kier alpha value is -2.45. The van der Waals surface area contributed by atoms with Crippen LogP contribution < -0.4 is 20.3 Å². The molecule has 0 amide bonds. The van der Waals surface area contributed by atoms with E-state index in [1.54, 1.807) is 18.8 Å². The van der Waals surface area contributed by atoms with Gasteiger partial charge in [0.15, 0.2) is 10.3 Å². The number of aromatic nitrogens is 3. The van der Waals surface area contributed by atoms with Gasteiger partial charge >= 0.3 is 0 Å². The lowest BCUT2D eigenvalue weighted by Gasteiger charge is -2.14. The lowest BCUT2D eigenvalue weighted by atomic mass is 10.2. The van der Waals surface area contributed by atoms with Crippen LogP contribution in [0.2, 0.25) is 0 Å². The zero-order chi connectivity index (χ0) is 19.7. The maximum absolute atomic E-state index is 13.2. The average Bonchev–Trinajstić information content (AvgIpc) is 3.39. The van der Waals surface area contributed by atoms with E-state index in [9.17, 15) is 4.79 Å². The van der Waals surface area contributed by atoms with Crippen molar-refractivity contribution in [2.45, 2.75) is 38.8 Å². The minimum absolute atomic E-state index is 0.0970. The molecular weight excluding hydrogens is 376 g/mol. The quantitative estimate of drug-likeness (QED) is 0.686. The summed E-state index contributed by atoms with van der Waals surface area (Å²) in [6.45, 7) is 3.39. The van der Waals surface area contributed by atoms with E-state index in [-0.39, 0.29) is 11.6 Å². The number of benzene rings is 1. The van der Waals surface area contributed by atoms with E-state index in [0.717, 1.165) is 40.6 Å². The molecule has 1 fully saturated rings. The van der Waals surface area contributed by atoms with E-state index < -0.39 is 0 Å². The molecule has 1 aliphatic heterocycles. The molecule has 0 aliphatic carbocycles. The second-order valence-corrected chi connectivity index (χ2v) is 7.81. The Morgan fingerprint density at radius 3 is 2.82 bits per heavy atom. The molecular formula is C20H24N4O3S. The molecule has 1 N–H and O–H groups in total. The monoisotopic (exact) mass is 400 g/mol. The predicted octanol–water partition coefficient (Wildman–Crippen LogP) is 2.91. The zero-order valence-corrected chi connectivity index (χ0v) is 17.1. The van der Waals surface area contributed by atoms with Crippen LogP contribution in [0.5, 0.6) is 11.5 Å². The highest BCUT2D eigenvalue weighted by molar-refractivity contribution is 7.18. The second-order valence-electron chi connectivity index (χ2n) is 6.81. The summed E-state index contributed by atoms with van der Waals surface area (Å²) in [6, 6.07) is 5.85. The molecule has 0 unspecified atom stereocenters. The van der Waals surface area contributed by atoms with Crippen LogP contribution in [0.1, 0.15) is 42.2 Å². The van der Waals surface area contributed by atoms with Crippen LogP contribution in [0.4, 0.5) is 0 Å². The van der Waals surface area contributed by atoms with Gasteiger partial charge in [-0.25, -0.2) is 9.97 Å². The van der Waals surface area contributed by atoms with E-state index >= 15 is 0 Å². The van der Waals surface area contributed by atoms with E-state index in [2.05, 4.69) is 10.3 Å². The summed E-state index contributed by atoms with van der Waals surface area (Å²) >= 11 is 1.53. The molecule has 0 saturated carbocycles. The van der Waals surface area contributed by atoms with Crippen molar-refractivity contribution in [3.05, 3.63) is 44.9 Å². The van der Waals surface area contributed by atoms with Crippen molar-refractivity contribution in [3.8, 4) is 11.5 Å². The number of ether oxygens (including phenoxy) is 2. The van der Waals surface area contributed by atoms with E-state index in [4.69, 9.17) is 14.5 Å². The minimum Gasteiger partial charge on any atom is -0.497 e. The van der Waals surface area contributed by atoms with Crippen molar-refractivity contribution in [1.29, 1.82) is 0 Å². The van der Waals surface area contributed by atoms with Crippen LogP contribution in [-0.2, 0) is 13.0 Å². The van der Waals surface area contributed by atoms with Gasteiger partial charge in [0.1, 0.15) is 22.3 Å². The molecule has 148 valence electrons. The average molecular weight is 401 g/mol. The third-order valence-corrected chi connectivity index (χ3v) is 6.18. The highest BCUT2D eigenvalue weighted by Gasteiger charge is 2.23. The van der Waals surface area contributed by atoms with Crippen LogP contribution in [0.25, 0.3) is 10.3 Å². The number of nitrogens with one attached hydrogen (secondary N) is 1. The Balaban J connectivity index is 1.78. The summed E-state index contributed by atoms with van der Waals surface area (Å²) < 4.78 is 12.5. The number of hydrogen-bond donors (Lipinski definition) is 1. The van der Waals surface area contributed by atoms with E-state index in [1.807, 2.05) is 25.1 Å². The Bertz CT molecular complexity index is 1050. The van der Waals surface area contributed by atoms with Gasteiger partial charge in [0.2, 0.25) is 0 Å². The van der Waals surface area contributed by atoms with Gasteiger partial charge in [-0.3, -0.25) is 9.36 Å². The molecule has 0 bridgehead atoms. The smallest absolute Gasteiger partial charge is 0.281 e. The summed E-state index contributed by atoms with van der Waals surface area (Å²) in [5, 5.41) is 4.40. The summed E-state index contributed by atoms with van der Waals surface area (Å²) in [7, 11) is 3.23. The lowest BCUT2D eigenvalue weighted by molar-refractivity contribution is 0.390. The summed E-state index contributed by atoms with van der Waals surface area (Å²) in [6.07, 6.45) is 2.85. The molecule has 8 heteroatoms. The maximum atomic E-state index is 13.2. The maximum Gasteiger partial charge on any atom is 0.281 e. The predicted molar refractivity (Wildman–Crippen MR) is 110 cm³/mol. The molecule has 1 saturated heterocycles. The largest absolute Gasteiger partial charge is 0.497 e. The number of nitrogens with zero attached hydrogens (tertiary/aromatic N) is 3. The number of methoxy groups -OCH3 is 2. The van der Waals surface area contributed by atoms with E-state index in [1.165, 1.54) is 11.3 Å². The molecule has 7 nitrogen and oxygen atoms in total. The summed E-state index contributed by atoms with van der Waals surface area (Å²) in [4.78, 5) is 23.4. The van der Waals surface area contributed by atoms with Gasteiger partial charge in [-0.1, -0.05) is 18.3 Å². The molecule has 28 heavy (non-hydrogen) atoms. The highest BCUT2D eigenvalue weighted by atomic mass is 32.1. The van der Waals surface area contributed by atoms with Crippen molar-refractivity contribution in [2.75, 3.05) is 20.8 Å². The van der Waals surface area contributed by atoms with Gasteiger partial charge < -0.3 is 14.8 Å². The van der Waals surface area contributed by atoms with Crippen molar-refractivity contribution >= 4 is 21.7 Å². The first-order valence-electron chi connectivity index (χ1n) is 9.49. The van der Waals surface area contributed by atoms with Crippen LogP contribution in [0, 0.1) is 0 Å². The molecule has 2 aromatic heterocycles. The number of thiazole rings is 1. The molecule has 1 atom stereocenters. The van der Waals surface area contributed by atoms with Gasteiger partial charge in [0, 0.05) is 18.1 Å². The number of fused-ring (bicyclic) bond motifs is 1. The molecule has 3 aromatic rings. The Kier molecular flexibility index (Phi) is 5.32. The van der Waals surface area contributed by atoms with Crippen LogP contribution in [-0.4, -0.2) is 35.3 Å². The van der Waals surface area contributed by atoms with Crippen LogP contribution >= 0.6 is 11.3 Å². The first-order valence-corrected chi connectivity index (χ1v) is 10.3. The minimum atomic E-state index is -0.0970. The molecule has 0 radical (unpaired) electrons. The van der Waals surface area contributed by atoms with Gasteiger partial charge in [-0.15, -0.1) is 0 Å². The number of hydrogen-bond acceptors (Lipinski definition) is 7. The highest BCUT2D eigenvalue weighted by Crippen LogP contribution is 2.30. The molecule has 1 aromatic carbocycles. The molecule has 0 spiro atoms. The standard InChI is InChI=1S/C20H24N4O3S/c1-4-16-22-19-17(23-18(28-19)14-6-5-9-21-14)20(25)24(16)11-12-7-8-13(26-2)10-15(12)27-3/h7-8,10,14,21H,4-6,9,11H2,1-3H3/t14-/m1/s1. The number of rotatable bonds is 6. The fourth-order valence-corrected chi connectivity index (χ4v) is 4.66. The third-order valence-electron chi connectivity index (χ3n) is 5.11. The molecule has 4 rings (SSSR count). The van der Waals surface area contributed by atoms with Gasteiger partial charge in [0.05, 0.1) is 26.8 Å². The van der Waals surface area contributed by atoms with Crippen molar-refractivity contribution < 1.29 is 9.47 Å². The van der Waals surface area contributed by atoms with Gasteiger partial charge in [0.25, 0.3) is 5.56 Å². The Morgan fingerprint density at radius 1 is 1.29 bits per heavy atom. The topological polar surface area (TPSA) is 78.3 Å². The van der Waals surface area contributed by atoms with Crippen LogP contribution in [0.3, 0.4) is 0 Å². The van der Waals surface area contributed by atoms with Crippen molar-refractivity contribution in [3.63, 3.8) is 0 Å². The van der Waals surface area contributed by atoms with Crippen molar-refractivity contribution in [2.24, 2.45) is 0 Å². The summed E-state index contributed by atoms with van der Waals surface area (Å²) in [5.41, 5.74) is 1.26. The first kappa shape index (κ1) is 18.9. The Morgan fingerprint density at radius 2 is 2.14 bits per heavy atom. The van der Waals surface area contributed by atoms with Gasteiger partial charge in [-0.2, -0.15) is 0 Å². The normalized spacial score (nSPS) is 16.6. The Labute approximate surface area is 167 Å². The first-order chi connectivity index (χ1) is 13.6. The molecule has 1 aliphatic rings. The number of aryl methyl sites for hydroxylation is 1. The SMILES string of the molecule is CCc1nc2sc([C@H]3CCCN3)nc2c(=O)n1Cc1ccc(OC)cc1OC. The summed E-state index contributed by atoms with van der Waals surface area (Å²) in [5.74, 6) is 2.15. The van der Waals surface area contributed by atoms with Gasteiger partial charge in [-0.05, 0) is 31.5 Å². The second kappa shape index (κ2) is 7.89. The fraction of sp³-hybridized carbons (Fsp3) is 0.450. The van der Waals surface area contributed by atoms with Crippen LogP contribution in [0.15, 0.2) is 23.0 Å². The zero-order valence-electron chi connectivity index (χ0n) is 16.3. The lowest BCUT2D eigenvalue weighted by Crippen LogP contribution is -2.26. The van der Waals surface area contributed by atoms with E-state index in [0.29, 0.717) is 30.0 Å².